The minimum Gasteiger partial charge on any atom is -0.496 e. The van der Waals surface area contributed by atoms with Gasteiger partial charge in [-0.1, -0.05) is 30.3 Å². The smallest absolute Gasteiger partial charge is 0.259 e. The summed E-state index contributed by atoms with van der Waals surface area (Å²) in [5.74, 6) is -0.195. The number of benzene rings is 2. The van der Waals surface area contributed by atoms with Crippen molar-refractivity contribution >= 4 is 17.7 Å². The zero-order valence-corrected chi connectivity index (χ0v) is 20.1. The van der Waals surface area contributed by atoms with Crippen molar-refractivity contribution in [3.05, 3.63) is 59.2 Å². The summed E-state index contributed by atoms with van der Waals surface area (Å²) in [6.07, 6.45) is 0.544. The van der Waals surface area contributed by atoms with Crippen molar-refractivity contribution in [2.24, 2.45) is 0 Å². The largest absolute Gasteiger partial charge is 0.496 e. The van der Waals surface area contributed by atoms with E-state index in [4.69, 9.17) is 9.47 Å². The van der Waals surface area contributed by atoms with E-state index >= 15 is 0 Å². The molecule has 0 saturated carbocycles. The van der Waals surface area contributed by atoms with E-state index in [0.717, 1.165) is 11.1 Å². The van der Waals surface area contributed by atoms with Gasteiger partial charge >= 0.3 is 0 Å². The Hall–Kier alpha value is -3.59. The number of fused-ring (bicyclic) bond motifs is 1. The Kier molecular flexibility index (Phi) is 8.12. The average Bonchev–Trinajstić information content (AvgIpc) is 3.19. The van der Waals surface area contributed by atoms with Crippen LogP contribution in [0.3, 0.4) is 0 Å². The van der Waals surface area contributed by atoms with Crippen molar-refractivity contribution in [2.45, 2.75) is 44.4 Å². The average molecular weight is 469 g/mol. The fraction of sp³-hybridized carbons (Fsp3) is 0.400. The molecule has 0 aliphatic heterocycles. The Morgan fingerprint density at radius 2 is 1.53 bits per heavy atom. The fourth-order valence-corrected chi connectivity index (χ4v) is 4.04. The van der Waals surface area contributed by atoms with E-state index in [0.29, 0.717) is 17.9 Å². The van der Waals surface area contributed by atoms with E-state index in [1.54, 1.807) is 39.1 Å². The van der Waals surface area contributed by atoms with Crippen LogP contribution in [0.15, 0.2) is 42.5 Å². The third-order valence-corrected chi connectivity index (χ3v) is 6.08. The van der Waals surface area contributed by atoms with Crippen LogP contribution in [0.4, 0.5) is 0 Å². The Balaban J connectivity index is 1.81. The lowest BCUT2D eigenvalue weighted by molar-refractivity contribution is -0.129. The number of rotatable bonds is 9. The minimum absolute atomic E-state index is 0.273. The zero-order valence-electron chi connectivity index (χ0n) is 20.1. The van der Waals surface area contributed by atoms with Crippen LogP contribution in [-0.4, -0.2) is 57.1 Å². The van der Waals surface area contributed by atoms with Crippen molar-refractivity contribution in [3.63, 3.8) is 0 Å². The molecular formula is C25H32N4O5. The van der Waals surface area contributed by atoms with Gasteiger partial charge in [0.15, 0.2) is 0 Å². The number of likely N-dealkylation sites (N-methyl/N-ethyl adjacent to an activating group) is 1. The summed E-state index contributed by atoms with van der Waals surface area (Å²) in [7, 11) is 4.66. The normalized spacial score (nSPS) is 18.3. The fourth-order valence-electron chi connectivity index (χ4n) is 4.04. The summed E-state index contributed by atoms with van der Waals surface area (Å²) >= 11 is 0. The van der Waals surface area contributed by atoms with Gasteiger partial charge in [-0.15, -0.1) is 0 Å². The summed E-state index contributed by atoms with van der Waals surface area (Å²) in [4.78, 5) is 38.4. The van der Waals surface area contributed by atoms with Gasteiger partial charge in [0.25, 0.3) is 5.91 Å². The molecule has 9 heteroatoms. The zero-order chi connectivity index (χ0) is 24.8. The van der Waals surface area contributed by atoms with Crippen LogP contribution in [-0.2, 0) is 16.0 Å². The van der Waals surface area contributed by atoms with Gasteiger partial charge in [-0.25, -0.2) is 0 Å². The molecule has 2 aromatic carbocycles. The molecule has 3 amide bonds. The highest BCUT2D eigenvalue weighted by Gasteiger charge is 2.36. The molecule has 0 aromatic heterocycles. The quantitative estimate of drug-likeness (QED) is 0.441. The van der Waals surface area contributed by atoms with E-state index in [1.165, 1.54) is 14.2 Å². The SMILES string of the molecule is CN[C@@H](C)C(=O)N[C@@H](C)C(=O)N[C@H]1c2ccccc2C[C@@H]1NC(=O)c1c(OC)cccc1OC. The molecular weight excluding hydrogens is 436 g/mol. The molecule has 0 spiro atoms. The summed E-state index contributed by atoms with van der Waals surface area (Å²) in [6.45, 7) is 3.34. The van der Waals surface area contributed by atoms with Crippen molar-refractivity contribution in [3.8, 4) is 11.5 Å². The Morgan fingerprint density at radius 1 is 0.882 bits per heavy atom. The van der Waals surface area contributed by atoms with Crippen LogP contribution in [0.2, 0.25) is 0 Å². The van der Waals surface area contributed by atoms with Crippen LogP contribution in [0.5, 0.6) is 11.5 Å². The maximum absolute atomic E-state index is 13.3. The molecule has 0 saturated heterocycles. The van der Waals surface area contributed by atoms with E-state index in [1.807, 2.05) is 24.3 Å². The van der Waals surface area contributed by atoms with Gasteiger partial charge < -0.3 is 30.7 Å². The van der Waals surface area contributed by atoms with Crippen molar-refractivity contribution < 1.29 is 23.9 Å². The first-order valence-corrected chi connectivity index (χ1v) is 11.2. The predicted octanol–water partition coefficient (Wildman–Crippen LogP) is 1.33. The number of hydrogen-bond acceptors (Lipinski definition) is 6. The number of nitrogens with one attached hydrogen (secondary N) is 4. The van der Waals surface area contributed by atoms with Crippen LogP contribution in [0.1, 0.15) is 41.4 Å². The molecule has 0 fully saturated rings. The molecule has 182 valence electrons. The molecule has 0 radical (unpaired) electrons. The van der Waals surface area contributed by atoms with Gasteiger partial charge in [-0.3, -0.25) is 14.4 Å². The standard InChI is InChI=1S/C25H32N4O5/c1-14(26-3)23(30)27-15(2)24(31)29-22-17-10-7-6-9-16(17)13-18(22)28-25(32)21-19(33-4)11-8-12-20(21)34-5/h6-12,14-15,18,22,26H,13H2,1-5H3,(H,27,30)(H,28,32)(H,29,31)/t14-,15-,18-,22-/m0/s1. The Morgan fingerprint density at radius 3 is 2.15 bits per heavy atom. The molecule has 9 nitrogen and oxygen atoms in total. The third kappa shape index (κ3) is 5.31. The minimum atomic E-state index is -0.748. The molecule has 1 aliphatic carbocycles. The van der Waals surface area contributed by atoms with Crippen molar-refractivity contribution in [2.75, 3.05) is 21.3 Å². The lowest BCUT2D eigenvalue weighted by Crippen LogP contribution is -2.52. The molecule has 0 unspecified atom stereocenters. The topological polar surface area (TPSA) is 118 Å². The van der Waals surface area contributed by atoms with Gasteiger partial charge in [0, 0.05) is 0 Å². The number of ether oxygens (including phenoxy) is 2. The van der Waals surface area contributed by atoms with Gasteiger partial charge in [0.2, 0.25) is 11.8 Å². The first-order chi connectivity index (χ1) is 16.3. The highest BCUT2D eigenvalue weighted by atomic mass is 16.5. The molecule has 4 N–H and O–H groups in total. The summed E-state index contributed by atoms with van der Waals surface area (Å²) in [5.41, 5.74) is 2.25. The predicted molar refractivity (Wildman–Crippen MR) is 128 cm³/mol. The van der Waals surface area contributed by atoms with E-state index in [2.05, 4.69) is 21.3 Å². The molecule has 1 aliphatic rings. The number of carbonyl (C=O) groups excluding carboxylic acids is 3. The number of carbonyl (C=O) groups is 3. The third-order valence-electron chi connectivity index (χ3n) is 6.08. The van der Waals surface area contributed by atoms with Gasteiger partial charge in [-0.05, 0) is 50.6 Å². The summed E-state index contributed by atoms with van der Waals surface area (Å²) in [5, 5.41) is 11.6. The molecule has 2 aromatic rings. The Labute approximate surface area is 199 Å². The molecule has 0 bridgehead atoms. The lowest BCUT2D eigenvalue weighted by atomic mass is 10.1. The second-order valence-electron chi connectivity index (χ2n) is 8.25. The molecule has 0 heterocycles. The van der Waals surface area contributed by atoms with Crippen LogP contribution >= 0.6 is 0 Å². The highest BCUT2D eigenvalue weighted by molar-refractivity contribution is 6.00. The summed E-state index contributed by atoms with van der Waals surface area (Å²) < 4.78 is 10.7. The van der Waals surface area contributed by atoms with Gasteiger partial charge in [-0.2, -0.15) is 0 Å². The van der Waals surface area contributed by atoms with Crippen molar-refractivity contribution in [1.82, 2.24) is 21.3 Å². The first-order valence-electron chi connectivity index (χ1n) is 11.2. The maximum atomic E-state index is 13.3. The van der Waals surface area contributed by atoms with Crippen LogP contribution in [0.25, 0.3) is 0 Å². The Bertz CT molecular complexity index is 1040. The second kappa shape index (κ2) is 11.0. The molecule has 3 rings (SSSR count). The monoisotopic (exact) mass is 468 g/mol. The van der Waals surface area contributed by atoms with Crippen LogP contribution in [0, 0.1) is 0 Å². The van der Waals surface area contributed by atoms with Gasteiger partial charge in [0.1, 0.15) is 23.1 Å². The lowest BCUT2D eigenvalue weighted by Gasteiger charge is -2.26. The second-order valence-corrected chi connectivity index (χ2v) is 8.25. The highest BCUT2D eigenvalue weighted by Crippen LogP contribution is 2.33. The van der Waals surface area contributed by atoms with Gasteiger partial charge in [0.05, 0.1) is 32.3 Å². The van der Waals surface area contributed by atoms with Crippen LogP contribution < -0.4 is 30.7 Å². The molecule has 4 atom stereocenters. The van der Waals surface area contributed by atoms with Crippen molar-refractivity contribution in [1.29, 1.82) is 0 Å². The molecule has 34 heavy (non-hydrogen) atoms. The summed E-state index contributed by atoms with van der Waals surface area (Å²) in [6, 6.07) is 10.8. The van der Waals surface area contributed by atoms with E-state index in [-0.39, 0.29) is 23.3 Å². The number of methoxy groups -OCH3 is 2. The first kappa shape index (κ1) is 25.0. The van der Waals surface area contributed by atoms with E-state index < -0.39 is 24.2 Å². The van der Waals surface area contributed by atoms with E-state index in [9.17, 15) is 14.4 Å². The number of amides is 3. The number of hydrogen-bond donors (Lipinski definition) is 4. The maximum Gasteiger partial charge on any atom is 0.259 e.